The quantitative estimate of drug-likeness (QED) is 0.843. The number of carbonyl (C=O) groups is 1. The predicted molar refractivity (Wildman–Crippen MR) is 82.9 cm³/mol. The van der Waals surface area contributed by atoms with Crippen LogP contribution in [0.25, 0.3) is 0 Å². The van der Waals surface area contributed by atoms with Gasteiger partial charge in [-0.25, -0.2) is 0 Å². The molecule has 2 heterocycles. The first-order chi connectivity index (χ1) is 10.4. The van der Waals surface area contributed by atoms with Crippen LogP contribution < -0.4 is 4.90 Å². The highest BCUT2D eigenvalue weighted by molar-refractivity contribution is 8.00. The van der Waals surface area contributed by atoms with Gasteiger partial charge in [-0.05, 0) is 37.0 Å². The van der Waals surface area contributed by atoms with Crippen LogP contribution in [0.15, 0.2) is 28.0 Å². The average molecular weight is 343 g/mol. The molecule has 1 aromatic rings. The third-order valence-electron chi connectivity index (χ3n) is 3.95. The van der Waals surface area contributed by atoms with Gasteiger partial charge in [-0.1, -0.05) is 0 Å². The maximum Gasteiger partial charge on any atom is 0.294 e. The number of ether oxygens (including phenoxy) is 1. The van der Waals surface area contributed by atoms with Crippen molar-refractivity contribution in [1.29, 1.82) is 0 Å². The number of carbonyl (C=O) groups excluding carboxylic acids is 1. The Bertz CT molecular complexity index is 682. The van der Waals surface area contributed by atoms with E-state index in [4.69, 9.17) is 4.74 Å². The number of anilines is 1. The fraction of sp³-hybridized carbons (Fsp3) is 0.500. The van der Waals surface area contributed by atoms with Crippen LogP contribution in [0, 0.1) is 5.92 Å². The molecule has 0 atom stereocenters. The largest absolute Gasteiger partial charge is 0.381 e. The second-order valence-corrected chi connectivity index (χ2v) is 7.89. The maximum absolute atomic E-state index is 12.3. The van der Waals surface area contributed by atoms with Crippen molar-refractivity contribution >= 4 is 33.5 Å². The normalized spacial score (nSPS) is 20.0. The van der Waals surface area contributed by atoms with Crippen molar-refractivity contribution in [3.05, 3.63) is 18.2 Å². The number of hydrogen-bond acceptors (Lipinski definition) is 5. The van der Waals surface area contributed by atoms with Crippen LogP contribution in [0.4, 0.5) is 5.69 Å². The number of fused-ring (bicyclic) bond motifs is 1. The molecule has 3 rings (SSSR count). The first-order valence-corrected chi connectivity index (χ1v) is 9.50. The average Bonchev–Trinajstić information content (AvgIpc) is 2.50. The lowest BCUT2D eigenvalue weighted by molar-refractivity contribution is -0.116. The van der Waals surface area contributed by atoms with E-state index >= 15 is 0 Å². The van der Waals surface area contributed by atoms with Crippen LogP contribution in [0.2, 0.25) is 0 Å². The highest BCUT2D eigenvalue weighted by Crippen LogP contribution is 2.37. The molecule has 0 saturated carbocycles. The van der Waals surface area contributed by atoms with Crippen LogP contribution >= 0.6 is 11.8 Å². The smallest absolute Gasteiger partial charge is 0.294 e. The molecule has 0 aliphatic carbocycles. The molecular weight excluding hydrogens is 326 g/mol. The van der Waals surface area contributed by atoms with Crippen LogP contribution in [0.3, 0.4) is 0 Å². The summed E-state index contributed by atoms with van der Waals surface area (Å²) in [6.07, 6.45) is 1.79. The van der Waals surface area contributed by atoms with Crippen LogP contribution in [0.5, 0.6) is 0 Å². The Balaban J connectivity index is 1.92. The van der Waals surface area contributed by atoms with Crippen molar-refractivity contribution in [3.8, 4) is 0 Å². The molecule has 1 amide bonds. The second kappa shape index (κ2) is 6.19. The summed E-state index contributed by atoms with van der Waals surface area (Å²) in [6.45, 7) is 1.95. The summed E-state index contributed by atoms with van der Waals surface area (Å²) in [6, 6.07) is 4.39. The molecule has 0 unspecified atom stereocenters. The van der Waals surface area contributed by atoms with Gasteiger partial charge in [0.05, 0.1) is 16.3 Å². The molecule has 0 bridgehead atoms. The van der Waals surface area contributed by atoms with Crippen molar-refractivity contribution in [2.24, 2.45) is 5.92 Å². The first kappa shape index (κ1) is 15.8. The third-order valence-corrected chi connectivity index (χ3v) is 5.85. The molecule has 6 nitrogen and oxygen atoms in total. The van der Waals surface area contributed by atoms with E-state index in [1.165, 1.54) is 23.9 Å². The molecule has 2 aliphatic heterocycles. The molecule has 0 aromatic heterocycles. The predicted octanol–water partition coefficient (Wildman–Crippen LogP) is 1.80. The number of hydrogen-bond donors (Lipinski definition) is 1. The topological polar surface area (TPSA) is 83.9 Å². The van der Waals surface area contributed by atoms with Crippen LogP contribution in [0.1, 0.15) is 12.8 Å². The van der Waals surface area contributed by atoms with Gasteiger partial charge in [0, 0.05) is 24.7 Å². The Morgan fingerprint density at radius 2 is 2.05 bits per heavy atom. The molecule has 8 heteroatoms. The molecule has 0 radical (unpaired) electrons. The van der Waals surface area contributed by atoms with Gasteiger partial charge in [0.25, 0.3) is 10.1 Å². The van der Waals surface area contributed by atoms with Gasteiger partial charge in [-0.3, -0.25) is 9.35 Å². The Kier molecular flexibility index (Phi) is 4.44. The zero-order valence-electron chi connectivity index (χ0n) is 11.9. The minimum atomic E-state index is -4.28. The van der Waals surface area contributed by atoms with E-state index in [1.807, 2.05) is 0 Å². The fourth-order valence-electron chi connectivity index (χ4n) is 2.73. The van der Waals surface area contributed by atoms with Gasteiger partial charge in [0.1, 0.15) is 0 Å². The number of nitrogens with zero attached hydrogens (tertiary/aromatic N) is 1. The molecule has 1 saturated heterocycles. The standard InChI is InChI=1S/C14H17NO5S2/c16-14-9-21-13-2-1-11(22(17,18)19)7-12(13)15(14)8-10-3-5-20-6-4-10/h1-2,7,10H,3-6,8-9H2,(H,17,18,19). The van der Waals surface area contributed by atoms with E-state index in [-0.39, 0.29) is 10.8 Å². The van der Waals surface area contributed by atoms with E-state index in [9.17, 15) is 17.8 Å². The van der Waals surface area contributed by atoms with Gasteiger partial charge >= 0.3 is 0 Å². The molecule has 120 valence electrons. The van der Waals surface area contributed by atoms with E-state index in [0.717, 1.165) is 17.7 Å². The Labute approximate surface area is 133 Å². The van der Waals surface area contributed by atoms with E-state index in [2.05, 4.69) is 0 Å². The van der Waals surface area contributed by atoms with Crippen molar-refractivity contribution in [2.75, 3.05) is 30.4 Å². The van der Waals surface area contributed by atoms with E-state index < -0.39 is 10.1 Å². The Morgan fingerprint density at radius 3 is 2.73 bits per heavy atom. The monoisotopic (exact) mass is 343 g/mol. The minimum absolute atomic E-state index is 0.0310. The van der Waals surface area contributed by atoms with E-state index in [0.29, 0.717) is 37.1 Å². The zero-order chi connectivity index (χ0) is 15.7. The van der Waals surface area contributed by atoms with Crippen LogP contribution in [-0.2, 0) is 19.6 Å². The Hall–Kier alpha value is -1.09. The molecular formula is C14H17NO5S2. The summed E-state index contributed by atoms with van der Waals surface area (Å²) in [4.78, 5) is 14.6. The lowest BCUT2D eigenvalue weighted by atomic mass is 9.99. The third kappa shape index (κ3) is 3.29. The molecule has 2 aliphatic rings. The summed E-state index contributed by atoms with van der Waals surface area (Å²) in [5, 5.41) is 0. The van der Waals surface area contributed by atoms with Crippen molar-refractivity contribution in [1.82, 2.24) is 0 Å². The summed E-state index contributed by atoms with van der Waals surface area (Å²) < 4.78 is 37.2. The molecule has 22 heavy (non-hydrogen) atoms. The van der Waals surface area contributed by atoms with Gasteiger partial charge in [-0.2, -0.15) is 8.42 Å². The summed E-state index contributed by atoms with van der Waals surface area (Å²) >= 11 is 1.39. The first-order valence-electron chi connectivity index (χ1n) is 7.07. The molecule has 1 N–H and O–H groups in total. The number of benzene rings is 1. The van der Waals surface area contributed by atoms with E-state index in [1.54, 1.807) is 11.0 Å². The Morgan fingerprint density at radius 1 is 1.32 bits per heavy atom. The molecule has 1 fully saturated rings. The lowest BCUT2D eigenvalue weighted by Gasteiger charge is -2.33. The summed E-state index contributed by atoms with van der Waals surface area (Å²) in [5.41, 5.74) is 0.572. The van der Waals surface area contributed by atoms with Crippen LogP contribution in [-0.4, -0.2) is 44.4 Å². The zero-order valence-corrected chi connectivity index (χ0v) is 13.5. The SMILES string of the molecule is O=C1CSc2ccc(S(=O)(=O)O)cc2N1CC1CCOCC1. The van der Waals surface area contributed by atoms with Gasteiger partial charge in [0.2, 0.25) is 5.91 Å². The van der Waals surface area contributed by atoms with Crippen molar-refractivity contribution in [2.45, 2.75) is 22.6 Å². The number of rotatable bonds is 3. The summed E-state index contributed by atoms with van der Waals surface area (Å²) in [5.74, 6) is 0.668. The molecule has 1 aromatic carbocycles. The van der Waals surface area contributed by atoms with Gasteiger partial charge in [-0.15, -0.1) is 11.8 Å². The minimum Gasteiger partial charge on any atom is -0.381 e. The summed E-state index contributed by atoms with van der Waals surface area (Å²) in [7, 11) is -4.28. The highest BCUT2D eigenvalue weighted by Gasteiger charge is 2.29. The highest BCUT2D eigenvalue weighted by atomic mass is 32.2. The van der Waals surface area contributed by atoms with Gasteiger partial charge in [0.15, 0.2) is 0 Å². The second-order valence-electron chi connectivity index (χ2n) is 5.45. The van der Waals surface area contributed by atoms with Crippen molar-refractivity contribution < 1.29 is 22.5 Å². The lowest BCUT2D eigenvalue weighted by Crippen LogP contribution is -2.40. The van der Waals surface area contributed by atoms with Gasteiger partial charge < -0.3 is 9.64 Å². The maximum atomic E-state index is 12.3. The van der Waals surface area contributed by atoms with Crippen molar-refractivity contribution in [3.63, 3.8) is 0 Å². The fourth-order valence-corrected chi connectivity index (χ4v) is 4.15. The number of amides is 1. The molecule has 0 spiro atoms. The number of thioether (sulfide) groups is 1.